The molecular formula is C16H17Cl2FN2. The largest absolute Gasteiger partial charge is 0.375 e. The summed E-state index contributed by atoms with van der Waals surface area (Å²) in [4.78, 5) is 2.03. The molecule has 0 amide bonds. The molecule has 0 aliphatic rings. The fourth-order valence-corrected chi connectivity index (χ4v) is 2.57. The van der Waals surface area contributed by atoms with Gasteiger partial charge < -0.3 is 10.6 Å². The third kappa shape index (κ3) is 4.10. The van der Waals surface area contributed by atoms with E-state index in [-0.39, 0.29) is 11.9 Å². The first-order valence-electron chi connectivity index (χ1n) is 6.65. The van der Waals surface area contributed by atoms with E-state index in [9.17, 15) is 4.39 Å². The number of nitrogens with zero attached hydrogens (tertiary/aromatic N) is 1. The van der Waals surface area contributed by atoms with E-state index in [1.165, 1.54) is 12.1 Å². The lowest BCUT2D eigenvalue weighted by atomic mass is 10.0. The number of anilines is 1. The van der Waals surface area contributed by atoms with Crippen LogP contribution >= 0.6 is 23.2 Å². The molecule has 0 spiro atoms. The van der Waals surface area contributed by atoms with Gasteiger partial charge in [-0.3, -0.25) is 0 Å². The zero-order valence-electron chi connectivity index (χ0n) is 11.7. The standard InChI is InChI=1S/C16H17Cl2FN2/c1-21(12-7-5-11(19)6-8-12)10-9-15(20)13-3-2-4-14(17)16(13)18/h2-8,15H,9-10,20H2,1H3. The lowest BCUT2D eigenvalue weighted by Gasteiger charge is -2.22. The Kier molecular flexibility index (Phi) is 5.45. The average Bonchev–Trinajstić information content (AvgIpc) is 2.48. The highest BCUT2D eigenvalue weighted by Gasteiger charge is 2.13. The lowest BCUT2D eigenvalue weighted by molar-refractivity contribution is 0.626. The van der Waals surface area contributed by atoms with Crippen molar-refractivity contribution in [2.45, 2.75) is 12.5 Å². The Hall–Kier alpha value is -1.29. The topological polar surface area (TPSA) is 29.3 Å². The van der Waals surface area contributed by atoms with Gasteiger partial charge in [0.25, 0.3) is 0 Å². The number of nitrogens with two attached hydrogens (primary N) is 1. The maximum atomic E-state index is 12.9. The second-order valence-electron chi connectivity index (χ2n) is 4.94. The van der Waals surface area contributed by atoms with E-state index >= 15 is 0 Å². The summed E-state index contributed by atoms with van der Waals surface area (Å²) in [7, 11) is 1.94. The van der Waals surface area contributed by atoms with Gasteiger partial charge in [-0.25, -0.2) is 4.39 Å². The van der Waals surface area contributed by atoms with E-state index in [1.807, 2.05) is 24.1 Å². The normalized spacial score (nSPS) is 12.2. The average molecular weight is 327 g/mol. The van der Waals surface area contributed by atoms with Crippen LogP contribution in [0.5, 0.6) is 0 Å². The van der Waals surface area contributed by atoms with Gasteiger partial charge in [-0.2, -0.15) is 0 Å². The highest BCUT2D eigenvalue weighted by Crippen LogP contribution is 2.30. The molecule has 0 saturated heterocycles. The number of rotatable bonds is 5. The van der Waals surface area contributed by atoms with Crippen molar-refractivity contribution in [3.8, 4) is 0 Å². The minimum atomic E-state index is -0.241. The first-order valence-corrected chi connectivity index (χ1v) is 7.41. The molecule has 2 aromatic rings. The van der Waals surface area contributed by atoms with Gasteiger partial charge >= 0.3 is 0 Å². The summed E-state index contributed by atoms with van der Waals surface area (Å²) in [5, 5.41) is 1.02. The highest BCUT2D eigenvalue weighted by molar-refractivity contribution is 6.42. The van der Waals surface area contributed by atoms with Gasteiger partial charge in [0.2, 0.25) is 0 Å². The van der Waals surface area contributed by atoms with Crippen molar-refractivity contribution >= 4 is 28.9 Å². The van der Waals surface area contributed by atoms with Crippen molar-refractivity contribution in [2.75, 3.05) is 18.5 Å². The van der Waals surface area contributed by atoms with Crippen molar-refractivity contribution in [1.29, 1.82) is 0 Å². The molecule has 0 bridgehead atoms. The van der Waals surface area contributed by atoms with Gasteiger partial charge in [0.05, 0.1) is 10.0 Å². The monoisotopic (exact) mass is 326 g/mol. The maximum Gasteiger partial charge on any atom is 0.123 e. The molecule has 0 aliphatic carbocycles. The Morgan fingerprint density at radius 2 is 1.81 bits per heavy atom. The fourth-order valence-electron chi connectivity index (χ4n) is 2.12. The van der Waals surface area contributed by atoms with Crippen molar-refractivity contribution in [2.24, 2.45) is 5.73 Å². The van der Waals surface area contributed by atoms with Gasteiger partial charge in [-0.15, -0.1) is 0 Å². The van der Waals surface area contributed by atoms with Crippen molar-refractivity contribution < 1.29 is 4.39 Å². The molecule has 0 saturated carbocycles. The lowest BCUT2D eigenvalue weighted by Crippen LogP contribution is -2.23. The molecule has 5 heteroatoms. The van der Waals surface area contributed by atoms with Crippen molar-refractivity contribution in [3.63, 3.8) is 0 Å². The molecule has 2 rings (SSSR count). The summed E-state index contributed by atoms with van der Waals surface area (Å²) >= 11 is 12.2. The number of hydrogen-bond donors (Lipinski definition) is 1. The summed E-state index contributed by atoms with van der Waals surface area (Å²) in [5.41, 5.74) is 7.97. The molecular weight excluding hydrogens is 310 g/mol. The Balaban J connectivity index is 1.99. The van der Waals surface area contributed by atoms with Gasteiger partial charge in [0, 0.05) is 25.3 Å². The maximum absolute atomic E-state index is 12.9. The number of benzene rings is 2. The SMILES string of the molecule is CN(CCC(N)c1cccc(Cl)c1Cl)c1ccc(F)cc1. The number of hydrogen-bond acceptors (Lipinski definition) is 2. The highest BCUT2D eigenvalue weighted by atomic mass is 35.5. The van der Waals surface area contributed by atoms with Crippen molar-refractivity contribution in [1.82, 2.24) is 0 Å². The van der Waals surface area contributed by atoms with Crippen LogP contribution in [-0.2, 0) is 0 Å². The van der Waals surface area contributed by atoms with E-state index < -0.39 is 0 Å². The Bertz CT molecular complexity index is 602. The van der Waals surface area contributed by atoms with Gasteiger partial charge in [-0.1, -0.05) is 35.3 Å². The molecule has 1 atom stereocenters. The van der Waals surface area contributed by atoms with Crippen LogP contribution in [0, 0.1) is 5.82 Å². The molecule has 0 aliphatic heterocycles. The minimum absolute atomic E-state index is 0.195. The molecule has 1 unspecified atom stereocenters. The summed E-state index contributed by atoms with van der Waals surface area (Å²) < 4.78 is 12.9. The second kappa shape index (κ2) is 7.12. The van der Waals surface area contributed by atoms with Crippen LogP contribution in [0.4, 0.5) is 10.1 Å². The third-order valence-electron chi connectivity index (χ3n) is 3.42. The van der Waals surface area contributed by atoms with E-state index in [0.717, 1.165) is 17.8 Å². The molecule has 0 heterocycles. The first kappa shape index (κ1) is 16.1. The first-order chi connectivity index (χ1) is 9.99. The molecule has 21 heavy (non-hydrogen) atoms. The predicted molar refractivity (Wildman–Crippen MR) is 87.7 cm³/mol. The zero-order valence-corrected chi connectivity index (χ0v) is 13.2. The van der Waals surface area contributed by atoms with E-state index in [2.05, 4.69) is 0 Å². The van der Waals surface area contributed by atoms with E-state index in [1.54, 1.807) is 18.2 Å². The number of halogens is 3. The molecule has 2 aromatic carbocycles. The van der Waals surface area contributed by atoms with Crippen LogP contribution in [0.15, 0.2) is 42.5 Å². The molecule has 0 fully saturated rings. The fraction of sp³-hybridized carbons (Fsp3) is 0.250. The van der Waals surface area contributed by atoms with Gasteiger partial charge in [0.15, 0.2) is 0 Å². The summed E-state index contributed by atoms with van der Waals surface area (Å²) in [6.07, 6.45) is 0.716. The van der Waals surface area contributed by atoms with Crippen LogP contribution in [0.25, 0.3) is 0 Å². The third-order valence-corrected chi connectivity index (χ3v) is 4.26. The van der Waals surface area contributed by atoms with Crippen LogP contribution < -0.4 is 10.6 Å². The van der Waals surface area contributed by atoms with Gasteiger partial charge in [-0.05, 0) is 42.3 Å². The molecule has 2 N–H and O–H groups in total. The van der Waals surface area contributed by atoms with Crippen LogP contribution in [0.3, 0.4) is 0 Å². The minimum Gasteiger partial charge on any atom is -0.375 e. The Labute approximate surface area is 134 Å². The van der Waals surface area contributed by atoms with E-state index in [4.69, 9.17) is 28.9 Å². The smallest absolute Gasteiger partial charge is 0.123 e. The Morgan fingerprint density at radius 3 is 2.48 bits per heavy atom. The quantitative estimate of drug-likeness (QED) is 0.865. The summed E-state index contributed by atoms with van der Waals surface area (Å²) in [6.45, 7) is 0.732. The molecule has 112 valence electrons. The van der Waals surface area contributed by atoms with Gasteiger partial charge in [0.1, 0.15) is 5.82 Å². The van der Waals surface area contributed by atoms with Crippen LogP contribution in [0.2, 0.25) is 10.0 Å². The van der Waals surface area contributed by atoms with Crippen LogP contribution in [-0.4, -0.2) is 13.6 Å². The van der Waals surface area contributed by atoms with Crippen LogP contribution in [0.1, 0.15) is 18.0 Å². The predicted octanol–water partition coefficient (Wildman–Crippen LogP) is 4.66. The second-order valence-corrected chi connectivity index (χ2v) is 5.72. The summed E-state index contributed by atoms with van der Waals surface area (Å²) in [6, 6.07) is 11.6. The molecule has 2 nitrogen and oxygen atoms in total. The summed E-state index contributed by atoms with van der Waals surface area (Å²) in [5.74, 6) is -0.241. The van der Waals surface area contributed by atoms with Crippen molar-refractivity contribution in [3.05, 3.63) is 63.9 Å². The molecule has 0 radical (unpaired) electrons. The zero-order chi connectivity index (χ0) is 15.4. The Morgan fingerprint density at radius 1 is 1.14 bits per heavy atom. The molecule has 0 aromatic heterocycles. The van der Waals surface area contributed by atoms with E-state index in [0.29, 0.717) is 16.5 Å².